The predicted octanol–water partition coefficient (Wildman–Crippen LogP) is 4.59. The van der Waals surface area contributed by atoms with Crippen molar-refractivity contribution in [3.8, 4) is 0 Å². The quantitative estimate of drug-likeness (QED) is 0.667. The van der Waals surface area contributed by atoms with Gasteiger partial charge in [0, 0.05) is 24.2 Å². The molecule has 0 aliphatic heterocycles. The molecule has 5 heteroatoms. The Labute approximate surface area is 169 Å². The molecule has 2 amide bonds. The summed E-state index contributed by atoms with van der Waals surface area (Å²) in [7, 11) is 1.66. The van der Waals surface area contributed by atoms with Gasteiger partial charge in [0.05, 0.1) is 11.3 Å². The highest BCUT2D eigenvalue weighted by atomic mass is 35.5. The summed E-state index contributed by atoms with van der Waals surface area (Å²) in [5, 5.41) is 3.50. The lowest BCUT2D eigenvalue weighted by atomic mass is 10.1. The van der Waals surface area contributed by atoms with Gasteiger partial charge < -0.3 is 10.2 Å². The van der Waals surface area contributed by atoms with Crippen LogP contribution in [0.1, 0.15) is 26.3 Å². The molecule has 0 bridgehead atoms. The number of para-hydroxylation sites is 1. The monoisotopic (exact) mass is 392 g/mol. The second-order valence-corrected chi connectivity index (χ2v) is 6.82. The van der Waals surface area contributed by atoms with Crippen LogP contribution in [0.2, 0.25) is 5.02 Å². The molecule has 3 rings (SSSR count). The van der Waals surface area contributed by atoms with E-state index >= 15 is 0 Å². The van der Waals surface area contributed by atoms with Gasteiger partial charge in [-0.2, -0.15) is 0 Å². The van der Waals surface area contributed by atoms with E-state index in [-0.39, 0.29) is 11.8 Å². The van der Waals surface area contributed by atoms with Gasteiger partial charge in [-0.1, -0.05) is 54.1 Å². The molecule has 0 saturated heterocycles. The van der Waals surface area contributed by atoms with Gasteiger partial charge in [0.1, 0.15) is 0 Å². The van der Waals surface area contributed by atoms with Crippen LogP contribution in [-0.2, 0) is 6.42 Å². The molecule has 0 aromatic heterocycles. The van der Waals surface area contributed by atoms with Gasteiger partial charge in [0.15, 0.2) is 0 Å². The van der Waals surface area contributed by atoms with E-state index in [1.54, 1.807) is 49.5 Å². The predicted molar refractivity (Wildman–Crippen MR) is 113 cm³/mol. The lowest BCUT2D eigenvalue weighted by Gasteiger charge is -2.20. The Morgan fingerprint density at radius 1 is 0.893 bits per heavy atom. The first-order chi connectivity index (χ1) is 13.6. The topological polar surface area (TPSA) is 49.4 Å². The fraction of sp³-hybridized carbons (Fsp3) is 0.130. The maximum Gasteiger partial charge on any atom is 0.258 e. The molecular formula is C23H21ClN2O2. The molecule has 0 aliphatic rings. The highest BCUT2D eigenvalue weighted by Crippen LogP contribution is 2.22. The standard InChI is InChI=1S/C23H21ClN2O2/c1-26(23(28)18-11-13-19(24)14-12-18)21-10-6-5-9-20(21)22(27)25-16-15-17-7-3-2-4-8-17/h2-14H,15-16H2,1H3,(H,25,27). The zero-order valence-corrected chi connectivity index (χ0v) is 16.3. The minimum Gasteiger partial charge on any atom is -0.352 e. The Kier molecular flexibility index (Phi) is 6.45. The summed E-state index contributed by atoms with van der Waals surface area (Å²) in [4.78, 5) is 27.0. The van der Waals surface area contributed by atoms with Crippen molar-refractivity contribution in [1.82, 2.24) is 5.32 Å². The Hall–Kier alpha value is -3.11. The Morgan fingerprint density at radius 3 is 2.25 bits per heavy atom. The zero-order chi connectivity index (χ0) is 19.9. The Bertz CT molecular complexity index is 956. The number of hydrogen-bond donors (Lipinski definition) is 1. The smallest absolute Gasteiger partial charge is 0.258 e. The van der Waals surface area contributed by atoms with E-state index in [1.165, 1.54) is 4.90 Å². The molecule has 28 heavy (non-hydrogen) atoms. The van der Waals surface area contributed by atoms with Crippen molar-refractivity contribution >= 4 is 29.1 Å². The first-order valence-corrected chi connectivity index (χ1v) is 9.39. The van der Waals surface area contributed by atoms with Crippen molar-refractivity contribution < 1.29 is 9.59 Å². The van der Waals surface area contributed by atoms with Crippen LogP contribution in [0.15, 0.2) is 78.9 Å². The van der Waals surface area contributed by atoms with Crippen molar-refractivity contribution in [2.75, 3.05) is 18.5 Å². The molecule has 0 spiro atoms. The number of halogens is 1. The molecule has 0 saturated carbocycles. The van der Waals surface area contributed by atoms with Gasteiger partial charge in [-0.15, -0.1) is 0 Å². The van der Waals surface area contributed by atoms with Crippen molar-refractivity contribution in [3.05, 3.63) is 101 Å². The zero-order valence-electron chi connectivity index (χ0n) is 15.6. The molecule has 142 valence electrons. The number of amides is 2. The van der Waals surface area contributed by atoms with E-state index < -0.39 is 0 Å². The third-order valence-electron chi connectivity index (χ3n) is 4.45. The fourth-order valence-corrected chi connectivity index (χ4v) is 3.04. The van der Waals surface area contributed by atoms with Crippen LogP contribution in [0.25, 0.3) is 0 Å². The molecule has 0 aliphatic carbocycles. The maximum atomic E-state index is 12.8. The molecule has 0 atom stereocenters. The molecule has 0 radical (unpaired) electrons. The second-order valence-electron chi connectivity index (χ2n) is 6.38. The van der Waals surface area contributed by atoms with Crippen LogP contribution >= 0.6 is 11.6 Å². The number of anilines is 1. The normalized spacial score (nSPS) is 10.4. The van der Waals surface area contributed by atoms with Crippen molar-refractivity contribution in [1.29, 1.82) is 0 Å². The van der Waals surface area contributed by atoms with Crippen molar-refractivity contribution in [3.63, 3.8) is 0 Å². The third kappa shape index (κ3) is 4.78. The van der Waals surface area contributed by atoms with Crippen LogP contribution in [0.5, 0.6) is 0 Å². The summed E-state index contributed by atoms with van der Waals surface area (Å²) in [5.41, 5.74) is 2.68. The Balaban J connectivity index is 1.71. The molecule has 3 aromatic carbocycles. The highest BCUT2D eigenvalue weighted by Gasteiger charge is 2.19. The summed E-state index contributed by atoms with van der Waals surface area (Å²) < 4.78 is 0. The second kappa shape index (κ2) is 9.20. The number of carbonyl (C=O) groups excluding carboxylic acids is 2. The molecule has 1 N–H and O–H groups in total. The lowest BCUT2D eigenvalue weighted by molar-refractivity contribution is 0.0954. The largest absolute Gasteiger partial charge is 0.352 e. The molecular weight excluding hydrogens is 372 g/mol. The lowest BCUT2D eigenvalue weighted by Crippen LogP contribution is -2.31. The van der Waals surface area contributed by atoms with Gasteiger partial charge >= 0.3 is 0 Å². The number of nitrogens with one attached hydrogen (secondary N) is 1. The van der Waals surface area contributed by atoms with Crippen LogP contribution in [-0.4, -0.2) is 25.4 Å². The van der Waals surface area contributed by atoms with E-state index in [1.807, 2.05) is 36.4 Å². The average Bonchev–Trinajstić information content (AvgIpc) is 2.74. The highest BCUT2D eigenvalue weighted by molar-refractivity contribution is 6.30. The fourth-order valence-electron chi connectivity index (χ4n) is 2.91. The van der Waals surface area contributed by atoms with Gasteiger partial charge in [0.2, 0.25) is 0 Å². The number of carbonyl (C=O) groups is 2. The van der Waals surface area contributed by atoms with Gasteiger partial charge in [-0.05, 0) is 48.4 Å². The summed E-state index contributed by atoms with van der Waals surface area (Å²) in [6.07, 6.45) is 0.744. The van der Waals surface area contributed by atoms with Crippen molar-refractivity contribution in [2.24, 2.45) is 0 Å². The maximum absolute atomic E-state index is 12.8. The van der Waals surface area contributed by atoms with E-state index in [0.717, 1.165) is 12.0 Å². The first-order valence-electron chi connectivity index (χ1n) is 9.01. The molecule has 0 fully saturated rings. The minimum atomic E-state index is -0.207. The van der Waals surface area contributed by atoms with Gasteiger partial charge in [0.25, 0.3) is 11.8 Å². The summed E-state index contributed by atoms with van der Waals surface area (Å²) in [6.45, 7) is 0.520. The first kappa shape index (κ1) is 19.6. The number of hydrogen-bond acceptors (Lipinski definition) is 2. The molecule has 0 heterocycles. The third-order valence-corrected chi connectivity index (χ3v) is 4.70. The van der Waals surface area contributed by atoms with Gasteiger partial charge in [-0.3, -0.25) is 9.59 Å². The van der Waals surface area contributed by atoms with E-state index in [0.29, 0.717) is 28.4 Å². The Morgan fingerprint density at radius 2 is 1.54 bits per heavy atom. The number of nitrogens with zero attached hydrogens (tertiary/aromatic N) is 1. The number of rotatable bonds is 6. The molecule has 0 unspecified atom stereocenters. The number of benzene rings is 3. The average molecular weight is 393 g/mol. The summed E-state index contributed by atoms with van der Waals surface area (Å²) in [6, 6.07) is 23.7. The van der Waals surface area contributed by atoms with Crippen LogP contribution in [0.4, 0.5) is 5.69 Å². The van der Waals surface area contributed by atoms with Crippen molar-refractivity contribution in [2.45, 2.75) is 6.42 Å². The minimum absolute atomic E-state index is 0.206. The van der Waals surface area contributed by atoms with Gasteiger partial charge in [-0.25, -0.2) is 0 Å². The van der Waals surface area contributed by atoms with E-state index in [2.05, 4.69) is 5.32 Å². The summed E-state index contributed by atoms with van der Waals surface area (Å²) >= 11 is 5.89. The van der Waals surface area contributed by atoms with E-state index in [4.69, 9.17) is 11.6 Å². The van der Waals surface area contributed by atoms with E-state index in [9.17, 15) is 9.59 Å². The van der Waals surface area contributed by atoms with Crippen LogP contribution in [0, 0.1) is 0 Å². The summed E-state index contributed by atoms with van der Waals surface area (Å²) in [5.74, 6) is -0.413. The molecule has 3 aromatic rings. The van der Waals surface area contributed by atoms with Crippen LogP contribution < -0.4 is 10.2 Å². The molecule has 4 nitrogen and oxygen atoms in total. The van der Waals surface area contributed by atoms with Crippen LogP contribution in [0.3, 0.4) is 0 Å². The SMILES string of the molecule is CN(C(=O)c1ccc(Cl)cc1)c1ccccc1C(=O)NCCc1ccccc1.